The van der Waals surface area contributed by atoms with Crippen LogP contribution in [-0.2, 0) is 0 Å². The number of halogens is 1. The Balaban J connectivity index is 2.22. The zero-order valence-corrected chi connectivity index (χ0v) is 8.11. The first-order valence-corrected chi connectivity index (χ1v) is 4.68. The maximum atomic E-state index is 13.1. The third kappa shape index (κ3) is 1.83. The number of amides is 1. The highest BCUT2D eigenvalue weighted by Crippen LogP contribution is 2.14. The molecule has 0 aromatic heterocycles. The Morgan fingerprint density at radius 1 is 1.33 bits per heavy atom. The molecule has 0 bridgehead atoms. The molecular weight excluding hydrogens is 195 g/mol. The zero-order valence-electron chi connectivity index (χ0n) is 8.11. The van der Waals surface area contributed by atoms with Crippen molar-refractivity contribution in [3.63, 3.8) is 0 Å². The van der Waals surface area contributed by atoms with Crippen molar-refractivity contribution in [1.29, 1.82) is 0 Å². The molecule has 1 aliphatic rings. The monoisotopic (exact) mass is 206 g/mol. The summed E-state index contributed by atoms with van der Waals surface area (Å²) in [5.41, 5.74) is 5.73. The van der Waals surface area contributed by atoms with Crippen molar-refractivity contribution in [2.75, 3.05) is 18.8 Å². The summed E-state index contributed by atoms with van der Waals surface area (Å²) in [5, 5.41) is 0. The summed E-state index contributed by atoms with van der Waals surface area (Å²) in [7, 11) is 0. The molecule has 15 heavy (non-hydrogen) atoms. The number of benzene rings is 1. The van der Waals surface area contributed by atoms with E-state index in [9.17, 15) is 9.18 Å². The van der Waals surface area contributed by atoms with Gasteiger partial charge in [0.15, 0.2) is 0 Å². The van der Waals surface area contributed by atoms with E-state index in [-0.39, 0.29) is 11.6 Å². The van der Waals surface area contributed by atoms with E-state index in [2.05, 4.69) is 0 Å². The van der Waals surface area contributed by atoms with Crippen LogP contribution in [0.4, 0.5) is 10.1 Å². The largest absolute Gasteiger partial charge is 0.396 e. The zero-order chi connectivity index (χ0) is 10.8. The maximum absolute atomic E-state index is 13.1. The second-order valence-electron chi connectivity index (χ2n) is 3.42. The summed E-state index contributed by atoms with van der Waals surface area (Å²) < 4.78 is 13.1. The molecule has 0 saturated carbocycles. The van der Waals surface area contributed by atoms with Gasteiger partial charge in [-0.3, -0.25) is 4.79 Å². The van der Waals surface area contributed by atoms with Crippen LogP contribution in [0, 0.1) is 5.82 Å². The van der Waals surface area contributed by atoms with E-state index in [1.807, 2.05) is 12.2 Å². The highest BCUT2D eigenvalue weighted by molar-refractivity contribution is 5.95. The Morgan fingerprint density at radius 3 is 2.60 bits per heavy atom. The number of nitrogens with two attached hydrogens (primary N) is 1. The van der Waals surface area contributed by atoms with Gasteiger partial charge in [-0.25, -0.2) is 4.39 Å². The standard InChI is InChI=1S/C11H11FN2O/c12-9-7-8(3-4-10(9)13)11(15)14-5-1-2-6-14/h1-4,7H,5-6,13H2. The summed E-state index contributed by atoms with van der Waals surface area (Å²) >= 11 is 0. The van der Waals surface area contributed by atoms with E-state index < -0.39 is 5.82 Å². The smallest absolute Gasteiger partial charge is 0.254 e. The topological polar surface area (TPSA) is 46.3 Å². The number of nitrogens with zero attached hydrogens (tertiary/aromatic N) is 1. The number of carbonyl (C=O) groups excluding carboxylic acids is 1. The lowest BCUT2D eigenvalue weighted by molar-refractivity contribution is 0.0799. The van der Waals surface area contributed by atoms with Gasteiger partial charge in [0.2, 0.25) is 0 Å². The summed E-state index contributed by atoms with van der Waals surface area (Å²) in [6, 6.07) is 4.13. The van der Waals surface area contributed by atoms with Gasteiger partial charge in [-0.15, -0.1) is 0 Å². The van der Waals surface area contributed by atoms with Crippen molar-refractivity contribution < 1.29 is 9.18 Å². The molecule has 78 valence electrons. The third-order valence-electron chi connectivity index (χ3n) is 2.35. The molecule has 1 amide bonds. The van der Waals surface area contributed by atoms with Crippen molar-refractivity contribution in [3.8, 4) is 0 Å². The Labute approximate surface area is 87.0 Å². The van der Waals surface area contributed by atoms with Crippen LogP contribution in [0.3, 0.4) is 0 Å². The molecule has 0 unspecified atom stereocenters. The highest BCUT2D eigenvalue weighted by atomic mass is 19.1. The second-order valence-corrected chi connectivity index (χ2v) is 3.42. The van der Waals surface area contributed by atoms with Gasteiger partial charge < -0.3 is 10.6 Å². The molecule has 1 aromatic rings. The highest BCUT2D eigenvalue weighted by Gasteiger charge is 2.16. The Bertz CT molecular complexity index is 421. The predicted octanol–water partition coefficient (Wildman–Crippen LogP) is 1.42. The van der Waals surface area contributed by atoms with Crippen LogP contribution in [0.25, 0.3) is 0 Å². The van der Waals surface area contributed by atoms with Crippen LogP contribution in [0.5, 0.6) is 0 Å². The van der Waals surface area contributed by atoms with Gasteiger partial charge in [0.1, 0.15) is 5.82 Å². The fraction of sp³-hybridized carbons (Fsp3) is 0.182. The van der Waals surface area contributed by atoms with Gasteiger partial charge in [0.25, 0.3) is 5.91 Å². The van der Waals surface area contributed by atoms with Crippen LogP contribution in [-0.4, -0.2) is 23.9 Å². The molecule has 0 atom stereocenters. The third-order valence-corrected chi connectivity index (χ3v) is 2.35. The predicted molar refractivity (Wildman–Crippen MR) is 55.9 cm³/mol. The number of hydrogen-bond donors (Lipinski definition) is 1. The molecule has 3 nitrogen and oxygen atoms in total. The number of rotatable bonds is 1. The number of hydrogen-bond acceptors (Lipinski definition) is 2. The van der Waals surface area contributed by atoms with Gasteiger partial charge >= 0.3 is 0 Å². The Hall–Kier alpha value is -1.84. The molecule has 1 heterocycles. The van der Waals surface area contributed by atoms with Crippen LogP contribution < -0.4 is 5.73 Å². The van der Waals surface area contributed by atoms with Crippen molar-refractivity contribution >= 4 is 11.6 Å². The minimum absolute atomic E-state index is 0.0612. The first-order valence-electron chi connectivity index (χ1n) is 4.68. The minimum Gasteiger partial charge on any atom is -0.396 e. The lowest BCUT2D eigenvalue weighted by Crippen LogP contribution is -2.28. The maximum Gasteiger partial charge on any atom is 0.254 e. The summed E-state index contributed by atoms with van der Waals surface area (Å²) in [6.07, 6.45) is 3.82. The van der Waals surface area contributed by atoms with Gasteiger partial charge in [-0.2, -0.15) is 0 Å². The molecule has 0 saturated heterocycles. The van der Waals surface area contributed by atoms with Gasteiger partial charge in [-0.05, 0) is 18.2 Å². The number of anilines is 1. The van der Waals surface area contributed by atoms with Crippen LogP contribution in [0.15, 0.2) is 30.4 Å². The van der Waals surface area contributed by atoms with E-state index in [1.54, 1.807) is 11.0 Å². The summed E-state index contributed by atoms with van der Waals surface area (Å²) in [5.74, 6) is -0.716. The van der Waals surface area contributed by atoms with E-state index in [0.29, 0.717) is 18.7 Å². The SMILES string of the molecule is Nc1ccc(C(=O)N2CC=CC2)cc1F. The average molecular weight is 206 g/mol. The Morgan fingerprint density at radius 2 is 2.00 bits per heavy atom. The summed E-state index contributed by atoms with van der Waals surface area (Å²) in [6.45, 7) is 1.18. The number of nitrogen functional groups attached to an aromatic ring is 1. The molecule has 1 aliphatic heterocycles. The van der Waals surface area contributed by atoms with Crippen molar-refractivity contribution in [2.24, 2.45) is 0 Å². The van der Waals surface area contributed by atoms with Gasteiger partial charge in [0, 0.05) is 18.7 Å². The minimum atomic E-state index is -0.548. The van der Waals surface area contributed by atoms with Crippen LogP contribution in [0.1, 0.15) is 10.4 Å². The average Bonchev–Trinajstić information content (AvgIpc) is 2.74. The molecule has 0 radical (unpaired) electrons. The Kier molecular flexibility index (Phi) is 2.41. The van der Waals surface area contributed by atoms with Gasteiger partial charge in [0.05, 0.1) is 5.69 Å². The quantitative estimate of drug-likeness (QED) is 0.558. The molecule has 0 spiro atoms. The van der Waals surface area contributed by atoms with Crippen LogP contribution in [0.2, 0.25) is 0 Å². The lowest BCUT2D eigenvalue weighted by atomic mass is 10.2. The fourth-order valence-corrected chi connectivity index (χ4v) is 1.49. The first kappa shape index (κ1) is 9.71. The van der Waals surface area contributed by atoms with E-state index in [4.69, 9.17) is 5.73 Å². The second kappa shape index (κ2) is 3.73. The lowest BCUT2D eigenvalue weighted by Gasteiger charge is -2.15. The molecule has 4 heteroatoms. The van der Waals surface area contributed by atoms with Crippen molar-refractivity contribution in [1.82, 2.24) is 4.90 Å². The summed E-state index contributed by atoms with van der Waals surface area (Å²) in [4.78, 5) is 13.4. The molecule has 0 fully saturated rings. The van der Waals surface area contributed by atoms with E-state index >= 15 is 0 Å². The molecular formula is C11H11FN2O. The van der Waals surface area contributed by atoms with Gasteiger partial charge in [-0.1, -0.05) is 12.2 Å². The first-order chi connectivity index (χ1) is 7.18. The van der Waals surface area contributed by atoms with E-state index in [0.717, 1.165) is 0 Å². The molecule has 2 N–H and O–H groups in total. The van der Waals surface area contributed by atoms with Crippen LogP contribution >= 0.6 is 0 Å². The molecule has 1 aromatic carbocycles. The fourth-order valence-electron chi connectivity index (χ4n) is 1.49. The number of carbonyl (C=O) groups is 1. The normalized spacial score (nSPS) is 14.6. The van der Waals surface area contributed by atoms with Crippen molar-refractivity contribution in [2.45, 2.75) is 0 Å². The van der Waals surface area contributed by atoms with Crippen molar-refractivity contribution in [3.05, 3.63) is 41.7 Å². The molecule has 2 rings (SSSR count). The van der Waals surface area contributed by atoms with E-state index in [1.165, 1.54) is 12.1 Å². The molecule has 0 aliphatic carbocycles.